The normalized spacial score (nSPS) is 23.0. The molecule has 10 heteroatoms. The molecule has 0 spiro atoms. The first-order valence-electron chi connectivity index (χ1n) is 10.5. The minimum absolute atomic E-state index is 0. The molecular formula is C19H34IN5O4. The molecule has 3 heterocycles. The summed E-state index contributed by atoms with van der Waals surface area (Å²) < 4.78 is 10.8. The molecule has 1 atom stereocenters. The van der Waals surface area contributed by atoms with Gasteiger partial charge < -0.3 is 29.5 Å². The van der Waals surface area contributed by atoms with Gasteiger partial charge in [-0.25, -0.2) is 0 Å². The fourth-order valence-electron chi connectivity index (χ4n) is 3.77. The SMILES string of the molecule is CCNC(=NCCC(=O)N1CCOCC1)N1CCN(C(=O)C2CCCO2)CC1.I. The Balaban J connectivity index is 0.00000300. The Kier molecular flexibility index (Phi) is 10.4. The molecule has 0 aliphatic carbocycles. The Hall–Kier alpha value is -1.14. The van der Waals surface area contributed by atoms with E-state index in [0.29, 0.717) is 59.0 Å². The average Bonchev–Trinajstić information content (AvgIpc) is 3.28. The van der Waals surface area contributed by atoms with Crippen molar-refractivity contribution in [3.8, 4) is 0 Å². The molecule has 3 aliphatic heterocycles. The molecule has 0 aromatic heterocycles. The Morgan fingerprint density at radius 1 is 1.00 bits per heavy atom. The van der Waals surface area contributed by atoms with Crippen molar-refractivity contribution >= 4 is 41.8 Å². The zero-order chi connectivity index (χ0) is 19.8. The molecule has 29 heavy (non-hydrogen) atoms. The zero-order valence-electron chi connectivity index (χ0n) is 17.3. The topological polar surface area (TPSA) is 86.7 Å². The highest BCUT2D eigenvalue weighted by Crippen LogP contribution is 2.16. The summed E-state index contributed by atoms with van der Waals surface area (Å²) in [6.07, 6.45) is 1.96. The standard InChI is InChI=1S/C19H33N5O4.HI/c1-2-20-19(21-6-5-17(25)22-11-14-27-15-12-22)24-9-7-23(8-10-24)18(26)16-4-3-13-28-16;/h16H,2-15H2,1H3,(H,20,21);1H. The molecule has 0 bridgehead atoms. The van der Waals surface area contributed by atoms with Crippen LogP contribution in [0, 0.1) is 0 Å². The van der Waals surface area contributed by atoms with Crippen LogP contribution in [0.3, 0.4) is 0 Å². The fraction of sp³-hybridized carbons (Fsp3) is 0.842. The van der Waals surface area contributed by atoms with E-state index >= 15 is 0 Å². The number of nitrogens with zero attached hydrogens (tertiary/aromatic N) is 4. The summed E-state index contributed by atoms with van der Waals surface area (Å²) >= 11 is 0. The van der Waals surface area contributed by atoms with Crippen molar-refractivity contribution in [3.63, 3.8) is 0 Å². The van der Waals surface area contributed by atoms with Gasteiger partial charge in [0.1, 0.15) is 6.10 Å². The van der Waals surface area contributed by atoms with Crippen LogP contribution in [-0.4, -0.2) is 111 Å². The van der Waals surface area contributed by atoms with Crippen LogP contribution in [0.15, 0.2) is 4.99 Å². The smallest absolute Gasteiger partial charge is 0.251 e. The van der Waals surface area contributed by atoms with E-state index in [-0.39, 0.29) is 41.9 Å². The van der Waals surface area contributed by atoms with Gasteiger partial charge in [0.2, 0.25) is 5.91 Å². The maximum Gasteiger partial charge on any atom is 0.251 e. The lowest BCUT2D eigenvalue weighted by Gasteiger charge is -2.37. The number of hydrogen-bond acceptors (Lipinski definition) is 5. The van der Waals surface area contributed by atoms with Crippen LogP contribution in [0.2, 0.25) is 0 Å². The summed E-state index contributed by atoms with van der Waals surface area (Å²) in [4.78, 5) is 35.3. The number of nitrogens with one attached hydrogen (secondary N) is 1. The molecule has 0 aromatic rings. The van der Waals surface area contributed by atoms with Crippen LogP contribution in [0.25, 0.3) is 0 Å². The van der Waals surface area contributed by atoms with Crippen LogP contribution < -0.4 is 5.32 Å². The summed E-state index contributed by atoms with van der Waals surface area (Å²) in [5.41, 5.74) is 0. The Bertz CT molecular complexity index is 557. The van der Waals surface area contributed by atoms with Crippen molar-refractivity contribution in [1.82, 2.24) is 20.0 Å². The number of carbonyl (C=O) groups excluding carboxylic acids is 2. The fourth-order valence-corrected chi connectivity index (χ4v) is 3.77. The number of amides is 2. The summed E-state index contributed by atoms with van der Waals surface area (Å²) in [5, 5.41) is 3.31. The van der Waals surface area contributed by atoms with Gasteiger partial charge >= 0.3 is 0 Å². The number of rotatable bonds is 5. The van der Waals surface area contributed by atoms with Gasteiger partial charge in [-0.1, -0.05) is 0 Å². The van der Waals surface area contributed by atoms with Crippen LogP contribution in [0.5, 0.6) is 0 Å². The van der Waals surface area contributed by atoms with E-state index in [2.05, 4.69) is 15.2 Å². The molecule has 166 valence electrons. The minimum atomic E-state index is -0.250. The second-order valence-electron chi connectivity index (χ2n) is 7.29. The minimum Gasteiger partial charge on any atom is -0.378 e. The first-order chi connectivity index (χ1) is 13.7. The van der Waals surface area contributed by atoms with Gasteiger partial charge in [0.25, 0.3) is 5.91 Å². The summed E-state index contributed by atoms with van der Waals surface area (Å²) in [5.74, 6) is 1.08. The maximum absolute atomic E-state index is 12.5. The quantitative estimate of drug-likeness (QED) is 0.314. The van der Waals surface area contributed by atoms with Gasteiger partial charge in [0.05, 0.1) is 19.8 Å². The molecule has 3 saturated heterocycles. The molecule has 9 nitrogen and oxygen atoms in total. The largest absolute Gasteiger partial charge is 0.378 e. The van der Waals surface area contributed by atoms with Gasteiger partial charge in [0, 0.05) is 58.8 Å². The molecule has 1 N–H and O–H groups in total. The Morgan fingerprint density at radius 2 is 1.69 bits per heavy atom. The van der Waals surface area contributed by atoms with E-state index in [1.165, 1.54) is 0 Å². The number of carbonyl (C=O) groups is 2. The van der Waals surface area contributed by atoms with E-state index in [0.717, 1.165) is 38.4 Å². The van der Waals surface area contributed by atoms with Crippen LogP contribution >= 0.6 is 24.0 Å². The number of piperazine rings is 1. The Morgan fingerprint density at radius 3 is 2.31 bits per heavy atom. The predicted octanol–water partition coefficient (Wildman–Crippen LogP) is 0.142. The van der Waals surface area contributed by atoms with Crippen LogP contribution in [0.1, 0.15) is 26.2 Å². The third-order valence-electron chi connectivity index (χ3n) is 5.38. The van der Waals surface area contributed by atoms with Gasteiger partial charge in [-0.3, -0.25) is 14.6 Å². The second kappa shape index (κ2) is 12.5. The molecule has 0 radical (unpaired) electrons. The van der Waals surface area contributed by atoms with E-state index < -0.39 is 0 Å². The van der Waals surface area contributed by atoms with Crippen molar-refractivity contribution in [1.29, 1.82) is 0 Å². The number of morpholine rings is 1. The van der Waals surface area contributed by atoms with Crippen molar-refractivity contribution in [3.05, 3.63) is 0 Å². The number of guanidine groups is 1. The predicted molar refractivity (Wildman–Crippen MR) is 121 cm³/mol. The zero-order valence-corrected chi connectivity index (χ0v) is 19.6. The molecule has 3 rings (SSSR count). The number of hydrogen-bond donors (Lipinski definition) is 1. The Labute approximate surface area is 190 Å². The molecule has 0 saturated carbocycles. The number of ether oxygens (including phenoxy) is 2. The highest BCUT2D eigenvalue weighted by atomic mass is 127. The maximum atomic E-state index is 12.5. The third kappa shape index (κ3) is 6.95. The van der Waals surface area contributed by atoms with E-state index in [4.69, 9.17) is 9.47 Å². The highest BCUT2D eigenvalue weighted by molar-refractivity contribution is 14.0. The lowest BCUT2D eigenvalue weighted by Crippen LogP contribution is -2.55. The molecule has 0 aromatic carbocycles. The van der Waals surface area contributed by atoms with E-state index in [1.54, 1.807) is 0 Å². The van der Waals surface area contributed by atoms with Crippen LogP contribution in [0.4, 0.5) is 0 Å². The monoisotopic (exact) mass is 523 g/mol. The lowest BCUT2D eigenvalue weighted by molar-refractivity contribution is -0.142. The van der Waals surface area contributed by atoms with Crippen molar-refractivity contribution in [2.24, 2.45) is 4.99 Å². The van der Waals surface area contributed by atoms with Crippen molar-refractivity contribution < 1.29 is 19.1 Å². The molecule has 3 fully saturated rings. The second-order valence-corrected chi connectivity index (χ2v) is 7.29. The van der Waals surface area contributed by atoms with E-state index in [1.807, 2.05) is 16.7 Å². The average molecular weight is 523 g/mol. The number of aliphatic imine (C=N–C) groups is 1. The summed E-state index contributed by atoms with van der Waals surface area (Å²) in [7, 11) is 0. The molecular weight excluding hydrogens is 489 g/mol. The first-order valence-corrected chi connectivity index (χ1v) is 10.5. The summed E-state index contributed by atoms with van der Waals surface area (Å²) in [6, 6.07) is 0. The van der Waals surface area contributed by atoms with Gasteiger partial charge in [-0.05, 0) is 19.8 Å². The van der Waals surface area contributed by atoms with Crippen molar-refractivity contribution in [2.45, 2.75) is 32.3 Å². The van der Waals surface area contributed by atoms with Crippen LogP contribution in [-0.2, 0) is 19.1 Å². The van der Waals surface area contributed by atoms with Gasteiger partial charge in [0.15, 0.2) is 5.96 Å². The number of halogens is 1. The molecule has 2 amide bonds. The van der Waals surface area contributed by atoms with Gasteiger partial charge in [-0.2, -0.15) is 0 Å². The molecule has 1 unspecified atom stereocenters. The first kappa shape index (κ1) is 24.1. The highest BCUT2D eigenvalue weighted by Gasteiger charge is 2.30. The van der Waals surface area contributed by atoms with E-state index in [9.17, 15) is 9.59 Å². The summed E-state index contributed by atoms with van der Waals surface area (Å²) in [6.45, 7) is 9.36. The van der Waals surface area contributed by atoms with Crippen molar-refractivity contribution in [2.75, 3.05) is 72.2 Å². The van der Waals surface area contributed by atoms with Gasteiger partial charge in [-0.15, -0.1) is 24.0 Å². The lowest BCUT2D eigenvalue weighted by atomic mass is 10.2. The third-order valence-corrected chi connectivity index (χ3v) is 5.38. The molecule has 3 aliphatic rings.